The van der Waals surface area contributed by atoms with Gasteiger partial charge in [-0.05, 0) is 37.8 Å². The Labute approximate surface area is 112 Å². The van der Waals surface area contributed by atoms with Crippen molar-refractivity contribution >= 4 is 5.69 Å². The first-order valence-electron chi connectivity index (χ1n) is 6.66. The summed E-state index contributed by atoms with van der Waals surface area (Å²) in [5, 5.41) is 0. The second-order valence-corrected chi connectivity index (χ2v) is 5.06. The summed E-state index contributed by atoms with van der Waals surface area (Å²) in [5.74, 6) is 0.596. The molecule has 0 aromatic heterocycles. The average molecular weight is 243 g/mol. The third kappa shape index (κ3) is 3.49. The van der Waals surface area contributed by atoms with Crippen LogP contribution in [0.4, 0.5) is 5.69 Å². The predicted molar refractivity (Wildman–Crippen MR) is 81.9 cm³/mol. The fourth-order valence-electron chi connectivity index (χ4n) is 2.18. The van der Waals surface area contributed by atoms with E-state index in [0.29, 0.717) is 5.92 Å². The lowest BCUT2D eigenvalue weighted by molar-refractivity contribution is 0.696. The molecule has 0 heterocycles. The van der Waals surface area contributed by atoms with Gasteiger partial charge in [0.2, 0.25) is 0 Å². The molecule has 1 aromatic carbocycles. The monoisotopic (exact) mass is 243 g/mol. The Morgan fingerprint density at radius 2 is 1.78 bits per heavy atom. The molecule has 1 unspecified atom stereocenters. The summed E-state index contributed by atoms with van der Waals surface area (Å²) in [6, 6.07) is 4.44. The Morgan fingerprint density at radius 1 is 1.22 bits per heavy atom. The van der Waals surface area contributed by atoms with Crippen molar-refractivity contribution in [2.24, 2.45) is 5.92 Å². The Hall–Kier alpha value is -1.50. The molecular weight excluding hydrogens is 218 g/mol. The zero-order valence-electron chi connectivity index (χ0n) is 12.3. The molecule has 1 nitrogen and oxygen atoms in total. The molecule has 0 saturated heterocycles. The molecule has 98 valence electrons. The minimum atomic E-state index is 0.596. The Morgan fingerprint density at radius 3 is 2.22 bits per heavy atom. The summed E-state index contributed by atoms with van der Waals surface area (Å²) in [6.45, 7) is 14.8. The highest BCUT2D eigenvalue weighted by molar-refractivity contribution is 5.63. The van der Waals surface area contributed by atoms with Crippen molar-refractivity contribution in [1.82, 2.24) is 0 Å². The zero-order valence-corrected chi connectivity index (χ0v) is 12.3. The first-order chi connectivity index (χ1) is 8.49. The van der Waals surface area contributed by atoms with Crippen LogP contribution in [0.2, 0.25) is 0 Å². The van der Waals surface area contributed by atoms with Crippen molar-refractivity contribution in [2.45, 2.75) is 41.0 Å². The molecule has 0 aliphatic heterocycles. The highest BCUT2D eigenvalue weighted by Crippen LogP contribution is 2.27. The van der Waals surface area contributed by atoms with E-state index in [-0.39, 0.29) is 0 Å². The number of hydrogen-bond donors (Lipinski definition) is 0. The molecule has 0 spiro atoms. The lowest BCUT2D eigenvalue weighted by Gasteiger charge is -2.21. The van der Waals surface area contributed by atoms with Gasteiger partial charge in [0.1, 0.15) is 0 Å². The summed E-state index contributed by atoms with van der Waals surface area (Å²) in [5.41, 5.74) is 5.14. The van der Waals surface area contributed by atoms with Crippen LogP contribution in [0.5, 0.6) is 0 Å². The van der Waals surface area contributed by atoms with Gasteiger partial charge in [-0.25, -0.2) is 0 Å². The molecular formula is C17H25N. The molecule has 1 atom stereocenters. The van der Waals surface area contributed by atoms with Crippen molar-refractivity contribution in [3.05, 3.63) is 53.9 Å². The van der Waals surface area contributed by atoms with E-state index >= 15 is 0 Å². The smallest absolute Gasteiger partial charge is 0.0507 e. The second kappa shape index (κ2) is 6.44. The van der Waals surface area contributed by atoms with Gasteiger partial charge in [0, 0.05) is 12.4 Å². The molecule has 0 saturated carbocycles. The van der Waals surface area contributed by atoms with Crippen LogP contribution in [-0.4, -0.2) is 0 Å². The van der Waals surface area contributed by atoms with Gasteiger partial charge in [-0.2, -0.15) is 0 Å². The van der Waals surface area contributed by atoms with Gasteiger partial charge in [0.15, 0.2) is 0 Å². The number of hydrogen-bond acceptors (Lipinski definition) is 1. The summed E-state index contributed by atoms with van der Waals surface area (Å²) in [4.78, 5) is 2.12. The van der Waals surface area contributed by atoms with Crippen molar-refractivity contribution in [3.63, 3.8) is 0 Å². The van der Waals surface area contributed by atoms with Gasteiger partial charge in [0.05, 0.1) is 5.69 Å². The Kier molecular flexibility index (Phi) is 5.21. The normalized spacial score (nSPS) is 12.7. The predicted octanol–water partition coefficient (Wildman–Crippen LogP) is 5.12. The van der Waals surface area contributed by atoms with Gasteiger partial charge in [-0.15, -0.1) is 0 Å². The third-order valence-electron chi connectivity index (χ3n) is 3.31. The van der Waals surface area contributed by atoms with E-state index in [2.05, 4.69) is 70.5 Å². The molecule has 0 bridgehead atoms. The first kappa shape index (κ1) is 14.6. The summed E-state index contributed by atoms with van der Waals surface area (Å²) < 4.78 is 0. The topological polar surface area (TPSA) is 3.24 Å². The third-order valence-corrected chi connectivity index (χ3v) is 3.31. The number of rotatable bonds is 5. The van der Waals surface area contributed by atoms with Gasteiger partial charge >= 0.3 is 0 Å². The van der Waals surface area contributed by atoms with Gasteiger partial charge in [-0.3, -0.25) is 0 Å². The SMILES string of the molecule is C=CN(C=CC(C)CC)c1c(C)cc(C)cc1C. The number of allylic oxidation sites excluding steroid dienone is 1. The van der Waals surface area contributed by atoms with Crippen LogP contribution in [-0.2, 0) is 0 Å². The molecule has 0 fully saturated rings. The minimum Gasteiger partial charge on any atom is -0.324 e. The number of benzene rings is 1. The minimum absolute atomic E-state index is 0.596. The molecule has 1 aromatic rings. The quantitative estimate of drug-likeness (QED) is 0.693. The van der Waals surface area contributed by atoms with Crippen LogP contribution in [0, 0.1) is 26.7 Å². The van der Waals surface area contributed by atoms with Crippen LogP contribution in [0.15, 0.2) is 37.2 Å². The number of nitrogens with zero attached hydrogens (tertiary/aromatic N) is 1. The summed E-state index contributed by atoms with van der Waals surface area (Å²) >= 11 is 0. The second-order valence-electron chi connectivity index (χ2n) is 5.06. The highest BCUT2D eigenvalue weighted by Gasteiger charge is 2.08. The molecule has 0 aliphatic rings. The molecule has 18 heavy (non-hydrogen) atoms. The molecule has 1 heteroatoms. The van der Waals surface area contributed by atoms with Gasteiger partial charge < -0.3 is 4.90 Å². The standard InChI is InChI=1S/C17H25N/c1-7-13(3)9-10-18(8-2)17-15(5)11-14(4)12-16(17)6/h8-13H,2,7H2,1,3-6H3. The van der Waals surface area contributed by atoms with Crippen molar-refractivity contribution in [2.75, 3.05) is 4.90 Å². The van der Waals surface area contributed by atoms with E-state index in [0.717, 1.165) is 6.42 Å². The highest BCUT2D eigenvalue weighted by atomic mass is 15.1. The Bertz CT molecular complexity index is 420. The lowest BCUT2D eigenvalue weighted by Crippen LogP contribution is -2.10. The molecule has 0 N–H and O–H groups in total. The molecule has 0 aliphatic carbocycles. The molecule has 0 radical (unpaired) electrons. The summed E-state index contributed by atoms with van der Waals surface area (Å²) in [6.07, 6.45) is 7.41. The molecule has 0 amide bonds. The van der Waals surface area contributed by atoms with Crippen molar-refractivity contribution < 1.29 is 0 Å². The summed E-state index contributed by atoms with van der Waals surface area (Å²) in [7, 11) is 0. The zero-order chi connectivity index (χ0) is 13.7. The van der Waals surface area contributed by atoms with E-state index in [1.54, 1.807) is 0 Å². The van der Waals surface area contributed by atoms with E-state index in [9.17, 15) is 0 Å². The van der Waals surface area contributed by atoms with Gasteiger partial charge in [-0.1, -0.05) is 50.6 Å². The van der Waals surface area contributed by atoms with Crippen LogP contribution in [0.25, 0.3) is 0 Å². The largest absolute Gasteiger partial charge is 0.324 e. The maximum Gasteiger partial charge on any atom is 0.0507 e. The van der Waals surface area contributed by atoms with E-state index in [1.165, 1.54) is 22.4 Å². The van der Waals surface area contributed by atoms with E-state index < -0.39 is 0 Å². The fourth-order valence-corrected chi connectivity index (χ4v) is 2.18. The van der Waals surface area contributed by atoms with Crippen LogP contribution in [0.1, 0.15) is 37.0 Å². The van der Waals surface area contributed by atoms with E-state index in [1.807, 2.05) is 6.20 Å². The van der Waals surface area contributed by atoms with Crippen molar-refractivity contribution in [1.29, 1.82) is 0 Å². The number of aryl methyl sites for hydroxylation is 3. The first-order valence-corrected chi connectivity index (χ1v) is 6.66. The van der Waals surface area contributed by atoms with Gasteiger partial charge in [0.25, 0.3) is 0 Å². The van der Waals surface area contributed by atoms with Crippen LogP contribution in [0.3, 0.4) is 0 Å². The number of anilines is 1. The van der Waals surface area contributed by atoms with Crippen molar-refractivity contribution in [3.8, 4) is 0 Å². The fraction of sp³-hybridized carbons (Fsp3) is 0.412. The molecule has 1 rings (SSSR count). The van der Waals surface area contributed by atoms with Crippen LogP contribution < -0.4 is 4.90 Å². The maximum absolute atomic E-state index is 3.92. The van der Waals surface area contributed by atoms with E-state index in [4.69, 9.17) is 0 Å². The Balaban J connectivity index is 3.10. The van der Waals surface area contributed by atoms with Crippen LogP contribution >= 0.6 is 0 Å². The lowest BCUT2D eigenvalue weighted by atomic mass is 10.0. The maximum atomic E-state index is 3.92. The average Bonchev–Trinajstić information content (AvgIpc) is 2.31.